The standard InChI is InChI=1S/C10H14N2O3/c1-6-5-15-9(11-6)7(13)8(14)12-10(2,3)4/h5H,1-4H3,(H,12,14). The lowest BCUT2D eigenvalue weighted by atomic mass is 10.1. The highest BCUT2D eigenvalue weighted by atomic mass is 16.3. The Bertz CT molecular complexity index is 388. The van der Waals surface area contributed by atoms with Crippen LogP contribution in [0.3, 0.4) is 0 Å². The molecule has 5 heteroatoms. The lowest BCUT2D eigenvalue weighted by Crippen LogP contribution is -2.44. The minimum atomic E-state index is -0.752. The molecule has 0 atom stereocenters. The van der Waals surface area contributed by atoms with E-state index in [9.17, 15) is 9.59 Å². The van der Waals surface area contributed by atoms with E-state index in [-0.39, 0.29) is 5.89 Å². The maximum Gasteiger partial charge on any atom is 0.304 e. The molecule has 0 saturated carbocycles. The van der Waals surface area contributed by atoms with Crippen LogP contribution in [0, 0.1) is 6.92 Å². The molecule has 1 heterocycles. The summed E-state index contributed by atoms with van der Waals surface area (Å²) in [5.74, 6) is -1.63. The number of aryl methyl sites for hydroxylation is 1. The molecule has 0 aliphatic rings. The number of Topliss-reactive ketones (excluding diaryl/α,β-unsaturated/α-hetero) is 1. The number of ketones is 1. The first-order chi connectivity index (χ1) is 6.79. The second-order valence-electron chi connectivity index (χ2n) is 4.33. The van der Waals surface area contributed by atoms with Gasteiger partial charge in [0.2, 0.25) is 0 Å². The van der Waals surface area contributed by atoms with Crippen LogP contribution in [0.2, 0.25) is 0 Å². The first-order valence-electron chi connectivity index (χ1n) is 4.58. The molecule has 15 heavy (non-hydrogen) atoms. The molecule has 1 N–H and O–H groups in total. The summed E-state index contributed by atoms with van der Waals surface area (Å²) in [6.45, 7) is 7.05. The van der Waals surface area contributed by atoms with E-state index in [1.807, 2.05) is 0 Å². The molecule has 0 aromatic carbocycles. The molecule has 1 rings (SSSR count). The van der Waals surface area contributed by atoms with Crippen molar-refractivity contribution in [3.05, 3.63) is 17.8 Å². The van der Waals surface area contributed by atoms with Crippen molar-refractivity contribution >= 4 is 11.7 Å². The van der Waals surface area contributed by atoms with E-state index in [2.05, 4.69) is 10.3 Å². The zero-order valence-electron chi connectivity index (χ0n) is 9.25. The third-order valence-corrected chi connectivity index (χ3v) is 1.51. The lowest BCUT2D eigenvalue weighted by Gasteiger charge is -2.19. The van der Waals surface area contributed by atoms with Crippen LogP contribution in [0.5, 0.6) is 0 Å². The summed E-state index contributed by atoms with van der Waals surface area (Å²) in [4.78, 5) is 26.7. The minimum Gasteiger partial charge on any atom is -0.442 e. The fourth-order valence-electron chi connectivity index (χ4n) is 0.953. The van der Waals surface area contributed by atoms with Gasteiger partial charge in [0.25, 0.3) is 11.8 Å². The van der Waals surface area contributed by atoms with E-state index < -0.39 is 17.2 Å². The van der Waals surface area contributed by atoms with Gasteiger partial charge in [-0.25, -0.2) is 4.98 Å². The number of hydrogen-bond donors (Lipinski definition) is 1. The molecule has 0 aliphatic heterocycles. The average molecular weight is 210 g/mol. The van der Waals surface area contributed by atoms with Gasteiger partial charge in [-0.2, -0.15) is 0 Å². The van der Waals surface area contributed by atoms with Crippen LogP contribution in [0.4, 0.5) is 0 Å². The van der Waals surface area contributed by atoms with E-state index in [4.69, 9.17) is 4.42 Å². The Morgan fingerprint density at radius 1 is 1.40 bits per heavy atom. The van der Waals surface area contributed by atoms with Crippen molar-refractivity contribution in [1.82, 2.24) is 10.3 Å². The molecule has 1 aromatic rings. The van der Waals surface area contributed by atoms with Gasteiger partial charge in [-0.15, -0.1) is 0 Å². The second-order valence-corrected chi connectivity index (χ2v) is 4.33. The van der Waals surface area contributed by atoms with Crippen LogP contribution in [0.15, 0.2) is 10.7 Å². The van der Waals surface area contributed by atoms with E-state index >= 15 is 0 Å². The van der Waals surface area contributed by atoms with E-state index in [1.54, 1.807) is 27.7 Å². The normalized spacial score (nSPS) is 11.2. The number of oxazole rings is 1. The zero-order valence-corrected chi connectivity index (χ0v) is 9.25. The molecule has 0 radical (unpaired) electrons. The summed E-state index contributed by atoms with van der Waals surface area (Å²) in [6.07, 6.45) is 1.33. The minimum absolute atomic E-state index is 0.172. The second kappa shape index (κ2) is 3.84. The Morgan fingerprint density at radius 2 is 2.00 bits per heavy atom. The van der Waals surface area contributed by atoms with Crippen LogP contribution in [-0.4, -0.2) is 22.2 Å². The van der Waals surface area contributed by atoms with Gasteiger partial charge in [0.15, 0.2) is 0 Å². The predicted octanol–water partition coefficient (Wildman–Crippen LogP) is 1.08. The monoisotopic (exact) mass is 210 g/mol. The molecular formula is C10H14N2O3. The third kappa shape index (κ3) is 3.19. The first kappa shape index (κ1) is 11.4. The van der Waals surface area contributed by atoms with Gasteiger partial charge in [0, 0.05) is 5.54 Å². The molecule has 0 unspecified atom stereocenters. The maximum absolute atomic E-state index is 11.5. The van der Waals surface area contributed by atoms with Crippen LogP contribution in [-0.2, 0) is 4.79 Å². The summed E-state index contributed by atoms with van der Waals surface area (Å²) in [5, 5.41) is 2.54. The van der Waals surface area contributed by atoms with E-state index in [0.717, 1.165) is 0 Å². The molecule has 0 aliphatic carbocycles. The van der Waals surface area contributed by atoms with Gasteiger partial charge in [0.05, 0.1) is 5.69 Å². The van der Waals surface area contributed by atoms with Crippen molar-refractivity contribution in [3.8, 4) is 0 Å². The van der Waals surface area contributed by atoms with Gasteiger partial charge in [-0.1, -0.05) is 0 Å². The van der Waals surface area contributed by atoms with Gasteiger partial charge < -0.3 is 9.73 Å². The molecule has 1 amide bonds. The summed E-state index contributed by atoms with van der Waals surface area (Å²) >= 11 is 0. The van der Waals surface area contributed by atoms with Gasteiger partial charge in [0.1, 0.15) is 6.26 Å². The molecule has 1 aromatic heterocycles. The Morgan fingerprint density at radius 3 is 2.40 bits per heavy atom. The quantitative estimate of drug-likeness (QED) is 0.585. The number of carbonyl (C=O) groups is 2. The Balaban J connectivity index is 2.74. The number of nitrogens with one attached hydrogen (secondary N) is 1. The molecule has 0 saturated heterocycles. The first-order valence-corrected chi connectivity index (χ1v) is 4.58. The number of hydrogen-bond acceptors (Lipinski definition) is 4. The summed E-state index contributed by atoms with van der Waals surface area (Å²) in [7, 11) is 0. The number of rotatable bonds is 2. The zero-order chi connectivity index (χ0) is 11.6. The number of amides is 1. The van der Waals surface area contributed by atoms with Crippen molar-refractivity contribution in [3.63, 3.8) is 0 Å². The summed E-state index contributed by atoms with van der Waals surface area (Å²) in [5.41, 5.74) is 0.121. The molecular weight excluding hydrogens is 196 g/mol. The fraction of sp³-hybridized carbons (Fsp3) is 0.500. The number of aromatic nitrogens is 1. The van der Waals surface area contributed by atoms with Crippen molar-refractivity contribution < 1.29 is 14.0 Å². The largest absolute Gasteiger partial charge is 0.442 e. The van der Waals surface area contributed by atoms with Gasteiger partial charge in [-0.3, -0.25) is 9.59 Å². The molecule has 0 spiro atoms. The highest BCUT2D eigenvalue weighted by Gasteiger charge is 2.24. The van der Waals surface area contributed by atoms with E-state index in [1.165, 1.54) is 6.26 Å². The van der Waals surface area contributed by atoms with Crippen LogP contribution < -0.4 is 5.32 Å². The molecule has 0 bridgehead atoms. The molecule has 0 fully saturated rings. The average Bonchev–Trinajstić information content (AvgIpc) is 2.47. The Kier molecular flexibility index (Phi) is 2.93. The Hall–Kier alpha value is -1.65. The number of nitrogens with zero attached hydrogens (tertiary/aromatic N) is 1. The number of carbonyl (C=O) groups excluding carboxylic acids is 2. The van der Waals surface area contributed by atoms with Gasteiger partial charge >= 0.3 is 5.78 Å². The molecule has 5 nitrogen and oxygen atoms in total. The summed E-state index contributed by atoms with van der Waals surface area (Å²) < 4.78 is 4.84. The fourth-order valence-corrected chi connectivity index (χ4v) is 0.953. The molecule has 82 valence electrons. The van der Waals surface area contributed by atoms with E-state index in [0.29, 0.717) is 5.69 Å². The Labute approximate surface area is 87.9 Å². The highest BCUT2D eigenvalue weighted by molar-refractivity contribution is 6.41. The van der Waals surface area contributed by atoms with Crippen molar-refractivity contribution in [1.29, 1.82) is 0 Å². The summed E-state index contributed by atoms with van der Waals surface area (Å²) in [6, 6.07) is 0. The highest BCUT2D eigenvalue weighted by Crippen LogP contribution is 2.04. The SMILES string of the molecule is Cc1coc(C(=O)C(=O)NC(C)(C)C)n1. The third-order valence-electron chi connectivity index (χ3n) is 1.51. The van der Waals surface area contributed by atoms with Gasteiger partial charge in [-0.05, 0) is 27.7 Å². The van der Waals surface area contributed by atoms with Crippen molar-refractivity contribution in [2.45, 2.75) is 33.2 Å². The maximum atomic E-state index is 11.5. The van der Waals surface area contributed by atoms with Crippen molar-refractivity contribution in [2.75, 3.05) is 0 Å². The predicted molar refractivity (Wildman–Crippen MR) is 53.5 cm³/mol. The van der Waals surface area contributed by atoms with Crippen molar-refractivity contribution in [2.24, 2.45) is 0 Å². The van der Waals surface area contributed by atoms with Crippen LogP contribution in [0.25, 0.3) is 0 Å². The topological polar surface area (TPSA) is 72.2 Å². The van der Waals surface area contributed by atoms with Crippen LogP contribution >= 0.6 is 0 Å². The lowest BCUT2D eigenvalue weighted by molar-refractivity contribution is -0.118. The van der Waals surface area contributed by atoms with Crippen LogP contribution in [0.1, 0.15) is 37.2 Å². The smallest absolute Gasteiger partial charge is 0.304 e.